The van der Waals surface area contributed by atoms with Gasteiger partial charge in [0.2, 0.25) is 5.95 Å². The van der Waals surface area contributed by atoms with Crippen LogP contribution >= 0.6 is 0 Å². The summed E-state index contributed by atoms with van der Waals surface area (Å²) in [7, 11) is 0. The number of nitrogen functional groups attached to an aromatic ring is 1. The van der Waals surface area contributed by atoms with Gasteiger partial charge in [0, 0.05) is 17.0 Å². The molecule has 0 saturated heterocycles. The molecule has 0 saturated carbocycles. The molecule has 9 nitrogen and oxygen atoms in total. The van der Waals surface area contributed by atoms with E-state index in [1.54, 1.807) is 24.3 Å². The van der Waals surface area contributed by atoms with Crippen molar-refractivity contribution in [3.05, 3.63) is 99.7 Å². The molecule has 0 unspecified atom stereocenters. The smallest absolute Gasteiger partial charge is 0.353 e. The summed E-state index contributed by atoms with van der Waals surface area (Å²) in [4.78, 5) is 33.6. The number of benzene rings is 2. The lowest BCUT2D eigenvalue weighted by Crippen LogP contribution is -2.24. The second kappa shape index (κ2) is 9.10. The second-order valence-electron chi connectivity index (χ2n) is 8.62. The van der Waals surface area contributed by atoms with Gasteiger partial charge in [0.15, 0.2) is 5.65 Å². The number of hydrogen-bond donors (Lipinski definition) is 2. The van der Waals surface area contributed by atoms with Crippen molar-refractivity contribution in [1.29, 1.82) is 0 Å². The van der Waals surface area contributed by atoms with Gasteiger partial charge >= 0.3 is 11.7 Å². The number of pyridine rings is 1. The first-order valence-electron chi connectivity index (χ1n) is 11.4. The van der Waals surface area contributed by atoms with Crippen LogP contribution in [0.1, 0.15) is 27.3 Å². The Morgan fingerprint density at radius 3 is 2.25 bits per heavy atom. The van der Waals surface area contributed by atoms with Crippen molar-refractivity contribution in [2.75, 3.05) is 5.73 Å². The molecule has 0 atom stereocenters. The summed E-state index contributed by atoms with van der Waals surface area (Å²) in [5, 5.41) is 13.8. The van der Waals surface area contributed by atoms with E-state index in [1.807, 2.05) is 56.3 Å². The van der Waals surface area contributed by atoms with Crippen molar-refractivity contribution < 1.29 is 9.90 Å². The van der Waals surface area contributed by atoms with Gasteiger partial charge in [-0.25, -0.2) is 23.7 Å². The van der Waals surface area contributed by atoms with E-state index < -0.39 is 5.97 Å². The van der Waals surface area contributed by atoms with Crippen molar-refractivity contribution >= 4 is 17.6 Å². The summed E-state index contributed by atoms with van der Waals surface area (Å²) >= 11 is 0. The molecule has 0 spiro atoms. The molecule has 0 aliphatic rings. The highest BCUT2D eigenvalue weighted by Gasteiger charge is 2.22. The molecule has 0 fully saturated rings. The van der Waals surface area contributed by atoms with E-state index in [1.165, 1.54) is 9.08 Å². The lowest BCUT2D eigenvalue weighted by atomic mass is 9.99. The molecule has 0 aliphatic heterocycles. The summed E-state index contributed by atoms with van der Waals surface area (Å²) in [6.07, 6.45) is 0.491. The summed E-state index contributed by atoms with van der Waals surface area (Å²) < 4.78 is 2.71. The lowest BCUT2D eigenvalue weighted by molar-refractivity contribution is 0.0697. The molecule has 3 heterocycles. The highest BCUT2D eigenvalue weighted by molar-refractivity contribution is 5.91. The fraction of sp³-hybridized carbons (Fsp3) is 0.148. The highest BCUT2D eigenvalue weighted by Crippen LogP contribution is 2.34. The van der Waals surface area contributed by atoms with Crippen LogP contribution in [0.4, 0.5) is 5.95 Å². The number of hydrogen-bond acceptors (Lipinski definition) is 6. The van der Waals surface area contributed by atoms with Gasteiger partial charge < -0.3 is 10.8 Å². The van der Waals surface area contributed by atoms with Crippen LogP contribution in [-0.2, 0) is 13.0 Å². The van der Waals surface area contributed by atoms with Crippen LogP contribution in [0.5, 0.6) is 0 Å². The van der Waals surface area contributed by atoms with E-state index in [2.05, 4.69) is 15.1 Å². The fourth-order valence-corrected chi connectivity index (χ4v) is 4.35. The maximum atomic E-state index is 13.3. The quantitative estimate of drug-likeness (QED) is 0.379. The van der Waals surface area contributed by atoms with Gasteiger partial charge in [0.05, 0.1) is 23.4 Å². The Labute approximate surface area is 206 Å². The number of rotatable bonds is 6. The zero-order valence-electron chi connectivity index (χ0n) is 19.8. The van der Waals surface area contributed by atoms with Gasteiger partial charge in [-0.1, -0.05) is 42.5 Å². The first kappa shape index (κ1) is 23.0. The van der Waals surface area contributed by atoms with Crippen LogP contribution in [0, 0.1) is 13.8 Å². The summed E-state index contributed by atoms with van der Waals surface area (Å²) in [6, 6.07) is 20.1. The van der Waals surface area contributed by atoms with Gasteiger partial charge in [0.1, 0.15) is 0 Å². The third kappa shape index (κ3) is 4.22. The minimum absolute atomic E-state index is 0.0529. The van der Waals surface area contributed by atoms with Crippen LogP contribution < -0.4 is 11.4 Å². The Morgan fingerprint density at radius 1 is 0.944 bits per heavy atom. The van der Waals surface area contributed by atoms with Gasteiger partial charge in [0.25, 0.3) is 0 Å². The Hall–Kier alpha value is -4.79. The number of carbonyl (C=O) groups is 1. The fourth-order valence-electron chi connectivity index (χ4n) is 4.35. The van der Waals surface area contributed by atoms with E-state index in [0.717, 1.165) is 28.1 Å². The molecular formula is C27H24N6O3. The van der Waals surface area contributed by atoms with Gasteiger partial charge in [-0.15, -0.1) is 5.10 Å². The number of carboxylic acid groups (broad SMARTS) is 1. The Morgan fingerprint density at radius 2 is 1.61 bits per heavy atom. The third-order valence-corrected chi connectivity index (χ3v) is 5.99. The number of anilines is 1. The zero-order chi connectivity index (χ0) is 25.4. The first-order chi connectivity index (χ1) is 17.3. The van der Waals surface area contributed by atoms with Crippen LogP contribution in [0.15, 0.2) is 71.5 Å². The minimum Gasteiger partial charge on any atom is -0.478 e. The van der Waals surface area contributed by atoms with Crippen molar-refractivity contribution in [2.45, 2.75) is 26.8 Å². The topological polar surface area (TPSA) is 128 Å². The van der Waals surface area contributed by atoms with Crippen LogP contribution in [0.3, 0.4) is 0 Å². The summed E-state index contributed by atoms with van der Waals surface area (Å²) in [5.74, 6) is -0.929. The number of nitrogens with two attached hydrogens (primary N) is 1. The largest absolute Gasteiger partial charge is 0.478 e. The SMILES string of the molecule is Cc1cc(-c2c(-c3ccccc3)nc(N)n3c(=O)n(CCc4ccc(C(=O)O)cc4)nc23)cc(C)n1. The van der Waals surface area contributed by atoms with Gasteiger partial charge in [-0.2, -0.15) is 0 Å². The first-order valence-corrected chi connectivity index (χ1v) is 11.4. The second-order valence-corrected chi connectivity index (χ2v) is 8.62. The van der Waals surface area contributed by atoms with Crippen molar-refractivity contribution in [3.8, 4) is 22.4 Å². The average Bonchev–Trinajstić information content (AvgIpc) is 3.19. The Kier molecular flexibility index (Phi) is 5.81. The molecule has 0 radical (unpaired) electrons. The molecule has 5 aromatic rings. The van der Waals surface area contributed by atoms with E-state index in [9.17, 15) is 9.59 Å². The Balaban J connectivity index is 1.66. The summed E-state index contributed by atoms with van der Waals surface area (Å²) in [6.45, 7) is 4.13. The minimum atomic E-state index is -0.982. The van der Waals surface area contributed by atoms with Crippen LogP contribution in [-0.4, -0.2) is 35.2 Å². The predicted octanol–water partition coefficient (Wildman–Crippen LogP) is 3.76. The molecule has 3 aromatic heterocycles. The van der Waals surface area contributed by atoms with Gasteiger partial charge in [-0.3, -0.25) is 4.98 Å². The normalized spacial score (nSPS) is 11.2. The van der Waals surface area contributed by atoms with E-state index in [4.69, 9.17) is 10.8 Å². The molecule has 180 valence electrons. The van der Waals surface area contributed by atoms with Crippen LogP contribution in [0.25, 0.3) is 28.0 Å². The maximum absolute atomic E-state index is 13.3. The van der Waals surface area contributed by atoms with Gasteiger partial charge in [-0.05, 0) is 55.7 Å². The molecule has 36 heavy (non-hydrogen) atoms. The van der Waals surface area contributed by atoms with Crippen molar-refractivity contribution in [1.82, 2.24) is 24.1 Å². The summed E-state index contributed by atoms with van der Waals surface area (Å²) in [5.41, 5.74) is 12.1. The maximum Gasteiger partial charge on any atom is 0.353 e. The average molecular weight is 481 g/mol. The number of aromatic nitrogens is 5. The molecule has 3 N–H and O–H groups in total. The Bertz CT molecular complexity index is 1630. The monoisotopic (exact) mass is 480 g/mol. The molecule has 0 aliphatic carbocycles. The molecule has 0 amide bonds. The zero-order valence-corrected chi connectivity index (χ0v) is 19.8. The molecule has 5 rings (SSSR count). The molecular weight excluding hydrogens is 456 g/mol. The lowest BCUT2D eigenvalue weighted by Gasteiger charge is -2.13. The number of nitrogens with zero attached hydrogens (tertiary/aromatic N) is 5. The third-order valence-electron chi connectivity index (χ3n) is 5.99. The standard InChI is InChI=1S/C27H24N6O3/c1-16-14-21(15-17(2)29-16)22-23(19-6-4-3-5-7-19)30-26(28)33-24(22)31-32(27(33)36)13-12-18-8-10-20(11-9-18)25(34)35/h3-11,14-15H,12-13H2,1-2H3,(H2,28,30)(H,34,35). The molecule has 9 heteroatoms. The number of carboxylic acids is 1. The predicted molar refractivity (Wildman–Crippen MR) is 137 cm³/mol. The highest BCUT2D eigenvalue weighted by atomic mass is 16.4. The van der Waals surface area contributed by atoms with Crippen molar-refractivity contribution in [2.24, 2.45) is 0 Å². The van der Waals surface area contributed by atoms with Crippen LogP contribution in [0.2, 0.25) is 0 Å². The van der Waals surface area contributed by atoms with E-state index >= 15 is 0 Å². The number of aryl methyl sites for hydroxylation is 4. The molecule has 0 bridgehead atoms. The number of fused-ring (bicyclic) bond motifs is 1. The van der Waals surface area contributed by atoms with E-state index in [-0.39, 0.29) is 17.2 Å². The number of aromatic carboxylic acids is 1. The van der Waals surface area contributed by atoms with Crippen molar-refractivity contribution in [3.63, 3.8) is 0 Å². The van der Waals surface area contributed by atoms with E-state index in [0.29, 0.717) is 29.9 Å². The molecule has 2 aromatic carbocycles.